The molecule has 0 aromatic rings. The average molecular weight is 183 g/mol. The van der Waals surface area contributed by atoms with E-state index >= 15 is 0 Å². The Kier molecular flexibility index (Phi) is 3.49. The molecule has 4 nitrogen and oxygen atoms in total. The van der Waals surface area contributed by atoms with Crippen molar-refractivity contribution >= 4 is 11.9 Å². The van der Waals surface area contributed by atoms with E-state index in [-0.39, 0.29) is 11.9 Å². The Morgan fingerprint density at radius 3 is 3.08 bits per heavy atom. The number of hydrogen-bond donors (Lipinski definition) is 1. The van der Waals surface area contributed by atoms with Crippen molar-refractivity contribution in [3.05, 3.63) is 12.7 Å². The van der Waals surface area contributed by atoms with E-state index in [0.717, 1.165) is 0 Å². The van der Waals surface area contributed by atoms with Crippen LogP contribution < -0.4 is 5.32 Å². The molecule has 1 fully saturated rings. The summed E-state index contributed by atoms with van der Waals surface area (Å²) in [7, 11) is 0. The highest BCUT2D eigenvalue weighted by molar-refractivity contribution is 5.85. The number of rotatable bonds is 4. The lowest BCUT2D eigenvalue weighted by molar-refractivity contribution is -0.141. The molecule has 1 atom stereocenters. The van der Waals surface area contributed by atoms with Crippen LogP contribution in [0, 0.1) is 0 Å². The van der Waals surface area contributed by atoms with Gasteiger partial charge in [0.1, 0.15) is 6.04 Å². The fourth-order valence-electron chi connectivity index (χ4n) is 1.13. The Morgan fingerprint density at radius 1 is 1.77 bits per heavy atom. The number of esters is 1. The molecule has 1 heterocycles. The number of ether oxygens (including phenoxy) is 1. The van der Waals surface area contributed by atoms with Gasteiger partial charge in [-0.1, -0.05) is 6.08 Å². The summed E-state index contributed by atoms with van der Waals surface area (Å²) in [5.74, 6) is -0.448. The molecular weight excluding hydrogens is 170 g/mol. The number of carbonyl (C=O) groups is 2. The quantitative estimate of drug-likeness (QED) is 0.506. The molecule has 0 radical (unpaired) electrons. The van der Waals surface area contributed by atoms with E-state index in [0.29, 0.717) is 25.9 Å². The van der Waals surface area contributed by atoms with Gasteiger partial charge in [-0.05, 0) is 6.42 Å². The fraction of sp³-hybridized carbons (Fsp3) is 0.556. The zero-order valence-corrected chi connectivity index (χ0v) is 7.41. The Hall–Kier alpha value is -1.32. The van der Waals surface area contributed by atoms with Crippen molar-refractivity contribution in [2.75, 3.05) is 6.61 Å². The lowest BCUT2D eigenvalue weighted by Crippen LogP contribution is -2.37. The molecule has 0 bridgehead atoms. The third-order valence-electron chi connectivity index (χ3n) is 1.85. The third kappa shape index (κ3) is 2.89. The number of cyclic esters (lactones) is 1. The van der Waals surface area contributed by atoms with Gasteiger partial charge in [0.25, 0.3) is 0 Å². The summed E-state index contributed by atoms with van der Waals surface area (Å²) < 4.78 is 4.70. The van der Waals surface area contributed by atoms with E-state index < -0.39 is 6.04 Å². The Balaban J connectivity index is 2.26. The topological polar surface area (TPSA) is 55.4 Å². The average Bonchev–Trinajstić information content (AvgIpc) is 2.48. The van der Waals surface area contributed by atoms with Gasteiger partial charge in [-0.25, -0.2) is 4.79 Å². The second-order valence-electron chi connectivity index (χ2n) is 2.90. The van der Waals surface area contributed by atoms with Crippen LogP contribution in [0.4, 0.5) is 0 Å². The largest absolute Gasteiger partial charge is 0.464 e. The molecule has 13 heavy (non-hydrogen) atoms. The van der Waals surface area contributed by atoms with Crippen molar-refractivity contribution in [3.8, 4) is 0 Å². The van der Waals surface area contributed by atoms with Gasteiger partial charge in [-0.15, -0.1) is 6.58 Å². The molecule has 1 N–H and O–H groups in total. The summed E-state index contributed by atoms with van der Waals surface area (Å²) in [6, 6.07) is -0.433. The van der Waals surface area contributed by atoms with Gasteiger partial charge < -0.3 is 10.1 Å². The first-order valence-corrected chi connectivity index (χ1v) is 4.31. The standard InChI is InChI=1S/C9H13NO3/c1-2-3-4-8(11)10-7-5-6-13-9(7)12/h2,7H,1,3-6H2,(H,10,11)/t7-/m0/s1. The maximum Gasteiger partial charge on any atom is 0.328 e. The van der Waals surface area contributed by atoms with Gasteiger partial charge >= 0.3 is 5.97 Å². The molecule has 72 valence electrons. The molecule has 1 rings (SSSR count). The molecule has 0 aliphatic carbocycles. The molecule has 0 spiro atoms. The van der Waals surface area contributed by atoms with Gasteiger partial charge in [0.2, 0.25) is 5.91 Å². The van der Waals surface area contributed by atoms with Crippen molar-refractivity contribution in [2.24, 2.45) is 0 Å². The predicted molar refractivity (Wildman–Crippen MR) is 46.9 cm³/mol. The minimum atomic E-state index is -0.433. The van der Waals surface area contributed by atoms with Crippen LogP contribution in [0.1, 0.15) is 19.3 Å². The number of amides is 1. The van der Waals surface area contributed by atoms with Gasteiger partial charge in [-0.2, -0.15) is 0 Å². The Bertz CT molecular complexity index is 225. The van der Waals surface area contributed by atoms with E-state index in [1.165, 1.54) is 0 Å². The highest BCUT2D eigenvalue weighted by atomic mass is 16.5. The number of carbonyl (C=O) groups excluding carboxylic acids is 2. The lowest BCUT2D eigenvalue weighted by Gasteiger charge is -2.07. The Labute approximate surface area is 76.9 Å². The van der Waals surface area contributed by atoms with Gasteiger partial charge in [0.15, 0.2) is 0 Å². The molecule has 1 saturated heterocycles. The van der Waals surface area contributed by atoms with Crippen LogP contribution in [0.2, 0.25) is 0 Å². The van der Waals surface area contributed by atoms with Crippen LogP contribution in [0.3, 0.4) is 0 Å². The fourth-order valence-corrected chi connectivity index (χ4v) is 1.13. The van der Waals surface area contributed by atoms with Crippen molar-refractivity contribution < 1.29 is 14.3 Å². The zero-order chi connectivity index (χ0) is 9.68. The van der Waals surface area contributed by atoms with E-state index in [9.17, 15) is 9.59 Å². The third-order valence-corrected chi connectivity index (χ3v) is 1.85. The second-order valence-corrected chi connectivity index (χ2v) is 2.90. The first kappa shape index (κ1) is 9.77. The van der Waals surface area contributed by atoms with E-state index in [2.05, 4.69) is 11.9 Å². The molecule has 1 amide bonds. The second kappa shape index (κ2) is 4.64. The molecule has 0 saturated carbocycles. The molecule has 0 aromatic heterocycles. The minimum Gasteiger partial charge on any atom is -0.464 e. The monoisotopic (exact) mass is 183 g/mol. The summed E-state index contributed by atoms with van der Waals surface area (Å²) in [6.07, 6.45) is 3.27. The highest BCUT2D eigenvalue weighted by Crippen LogP contribution is 2.05. The summed E-state index contributed by atoms with van der Waals surface area (Å²) in [5, 5.41) is 2.60. The summed E-state index contributed by atoms with van der Waals surface area (Å²) >= 11 is 0. The smallest absolute Gasteiger partial charge is 0.328 e. The van der Waals surface area contributed by atoms with Crippen LogP contribution in [-0.2, 0) is 14.3 Å². The van der Waals surface area contributed by atoms with Crippen molar-refractivity contribution in [1.29, 1.82) is 0 Å². The Morgan fingerprint density at radius 2 is 2.54 bits per heavy atom. The van der Waals surface area contributed by atoms with Crippen molar-refractivity contribution in [2.45, 2.75) is 25.3 Å². The van der Waals surface area contributed by atoms with E-state index in [1.54, 1.807) is 6.08 Å². The van der Waals surface area contributed by atoms with Gasteiger partial charge in [0, 0.05) is 12.8 Å². The molecule has 1 aliphatic rings. The van der Waals surface area contributed by atoms with Crippen molar-refractivity contribution in [3.63, 3.8) is 0 Å². The van der Waals surface area contributed by atoms with Crippen LogP contribution in [0.15, 0.2) is 12.7 Å². The molecule has 4 heteroatoms. The lowest BCUT2D eigenvalue weighted by atomic mass is 10.2. The maximum absolute atomic E-state index is 11.1. The van der Waals surface area contributed by atoms with Crippen LogP contribution in [0.5, 0.6) is 0 Å². The summed E-state index contributed by atoms with van der Waals surface area (Å²) in [5.41, 5.74) is 0. The van der Waals surface area contributed by atoms with Crippen LogP contribution >= 0.6 is 0 Å². The number of nitrogens with one attached hydrogen (secondary N) is 1. The number of allylic oxidation sites excluding steroid dienone is 1. The van der Waals surface area contributed by atoms with Crippen molar-refractivity contribution in [1.82, 2.24) is 5.32 Å². The minimum absolute atomic E-state index is 0.122. The zero-order valence-electron chi connectivity index (χ0n) is 7.41. The van der Waals surface area contributed by atoms with Gasteiger partial charge in [0.05, 0.1) is 6.61 Å². The number of hydrogen-bond acceptors (Lipinski definition) is 3. The normalized spacial score (nSPS) is 20.9. The van der Waals surface area contributed by atoms with Crippen LogP contribution in [-0.4, -0.2) is 24.5 Å². The summed E-state index contributed by atoms with van der Waals surface area (Å²) in [6.45, 7) is 3.92. The van der Waals surface area contributed by atoms with E-state index in [1.807, 2.05) is 0 Å². The highest BCUT2D eigenvalue weighted by Gasteiger charge is 2.27. The first-order valence-electron chi connectivity index (χ1n) is 4.31. The van der Waals surface area contributed by atoms with Crippen LogP contribution in [0.25, 0.3) is 0 Å². The van der Waals surface area contributed by atoms with Gasteiger partial charge in [-0.3, -0.25) is 4.79 Å². The predicted octanol–water partition coefficient (Wildman–Crippen LogP) is 0.384. The summed E-state index contributed by atoms with van der Waals surface area (Å²) in [4.78, 5) is 22.1. The molecule has 1 aliphatic heterocycles. The first-order chi connectivity index (χ1) is 6.24. The maximum atomic E-state index is 11.1. The SMILES string of the molecule is C=CCCC(=O)N[C@H]1CCOC1=O. The molecule has 0 aromatic carbocycles. The van der Waals surface area contributed by atoms with E-state index in [4.69, 9.17) is 4.74 Å². The molecule has 0 unspecified atom stereocenters. The molecular formula is C9H13NO3.